The highest BCUT2D eigenvalue weighted by Crippen LogP contribution is 2.41. The summed E-state index contributed by atoms with van der Waals surface area (Å²) < 4.78 is 5.26. The number of imide groups is 1. The van der Waals surface area contributed by atoms with Gasteiger partial charge in [0.1, 0.15) is 12.1 Å². The summed E-state index contributed by atoms with van der Waals surface area (Å²) in [7, 11) is 0. The first-order valence-electron chi connectivity index (χ1n) is 8.88. The summed E-state index contributed by atoms with van der Waals surface area (Å²) >= 11 is 5.89. The Bertz CT molecular complexity index is 1090. The number of nitrogens with one attached hydrogen (secondary N) is 1. The average Bonchev–Trinajstić information content (AvgIpc) is 3.37. The Hall–Kier alpha value is -3.19. The fourth-order valence-corrected chi connectivity index (χ4v) is 4.03. The van der Waals surface area contributed by atoms with E-state index in [1.165, 1.54) is 0 Å². The van der Waals surface area contributed by atoms with E-state index >= 15 is 0 Å². The molecule has 140 valence electrons. The van der Waals surface area contributed by atoms with Crippen LogP contribution in [0.15, 0.2) is 53.1 Å². The Kier molecular flexibility index (Phi) is 3.73. The van der Waals surface area contributed by atoms with E-state index in [4.69, 9.17) is 16.1 Å². The van der Waals surface area contributed by atoms with Crippen molar-refractivity contribution in [3.05, 3.63) is 70.6 Å². The molecule has 1 aromatic heterocycles. The van der Waals surface area contributed by atoms with Crippen LogP contribution in [0.2, 0.25) is 5.02 Å². The van der Waals surface area contributed by atoms with Crippen molar-refractivity contribution in [3.8, 4) is 11.4 Å². The predicted octanol–water partition coefficient (Wildman–Crippen LogP) is 3.28. The van der Waals surface area contributed by atoms with Crippen molar-refractivity contribution in [2.45, 2.75) is 24.9 Å². The van der Waals surface area contributed by atoms with Crippen molar-refractivity contribution in [1.29, 1.82) is 0 Å². The lowest BCUT2D eigenvalue weighted by molar-refractivity contribution is -0.132. The fraction of sp³-hybridized carbons (Fsp3) is 0.200. The smallest absolute Gasteiger partial charge is 0.325 e. The van der Waals surface area contributed by atoms with Gasteiger partial charge in [-0.3, -0.25) is 9.69 Å². The van der Waals surface area contributed by atoms with E-state index in [1.54, 1.807) is 24.3 Å². The zero-order valence-corrected chi connectivity index (χ0v) is 15.4. The van der Waals surface area contributed by atoms with Crippen molar-refractivity contribution >= 4 is 23.5 Å². The monoisotopic (exact) mass is 394 g/mol. The molecule has 2 aromatic carbocycles. The zero-order valence-electron chi connectivity index (χ0n) is 14.7. The van der Waals surface area contributed by atoms with Gasteiger partial charge in [-0.05, 0) is 48.2 Å². The molecule has 1 N–H and O–H groups in total. The van der Waals surface area contributed by atoms with E-state index in [1.807, 2.05) is 24.3 Å². The molecule has 0 saturated carbocycles. The highest BCUT2D eigenvalue weighted by Gasteiger charge is 2.55. The molecular formula is C20H15ClN4O3. The molecule has 1 spiro atoms. The molecule has 1 atom stereocenters. The van der Waals surface area contributed by atoms with Crippen LogP contribution in [0.3, 0.4) is 0 Å². The van der Waals surface area contributed by atoms with Crippen molar-refractivity contribution in [1.82, 2.24) is 20.4 Å². The van der Waals surface area contributed by atoms with Gasteiger partial charge in [0.05, 0.1) is 0 Å². The molecule has 1 aliphatic carbocycles. The van der Waals surface area contributed by atoms with Gasteiger partial charge in [-0.2, -0.15) is 4.98 Å². The number of rotatable bonds is 3. The van der Waals surface area contributed by atoms with Crippen LogP contribution in [0, 0.1) is 0 Å². The Labute approximate surface area is 165 Å². The predicted molar refractivity (Wildman–Crippen MR) is 100 cm³/mol. The number of halogens is 1. The number of nitrogens with zero attached hydrogens (tertiary/aromatic N) is 3. The molecular weight excluding hydrogens is 380 g/mol. The lowest BCUT2D eigenvalue weighted by Gasteiger charge is -2.21. The van der Waals surface area contributed by atoms with E-state index in [0.717, 1.165) is 28.0 Å². The molecule has 3 aromatic rings. The molecule has 28 heavy (non-hydrogen) atoms. The Morgan fingerprint density at radius 1 is 1.14 bits per heavy atom. The second kappa shape index (κ2) is 6.17. The maximum absolute atomic E-state index is 13.2. The van der Waals surface area contributed by atoms with Crippen LogP contribution in [0.25, 0.3) is 11.4 Å². The summed E-state index contributed by atoms with van der Waals surface area (Å²) in [6.45, 7) is -0.0742. The summed E-state index contributed by atoms with van der Waals surface area (Å²) in [4.78, 5) is 31.2. The van der Waals surface area contributed by atoms with Gasteiger partial charge in [0, 0.05) is 10.6 Å². The van der Waals surface area contributed by atoms with Gasteiger partial charge in [-0.15, -0.1) is 0 Å². The number of amides is 3. The first kappa shape index (κ1) is 16.9. The van der Waals surface area contributed by atoms with Gasteiger partial charge in [0.25, 0.3) is 5.91 Å². The summed E-state index contributed by atoms with van der Waals surface area (Å²) in [5.74, 6) is 0.283. The number of fused-ring (bicyclic) bond motifs is 2. The number of hydrogen-bond acceptors (Lipinski definition) is 5. The van der Waals surface area contributed by atoms with Crippen LogP contribution in [-0.2, 0) is 23.3 Å². The van der Waals surface area contributed by atoms with Crippen molar-refractivity contribution < 1.29 is 14.1 Å². The largest absolute Gasteiger partial charge is 0.337 e. The maximum Gasteiger partial charge on any atom is 0.325 e. The third kappa shape index (κ3) is 2.51. The summed E-state index contributed by atoms with van der Waals surface area (Å²) in [5.41, 5.74) is 1.69. The van der Waals surface area contributed by atoms with Crippen LogP contribution < -0.4 is 5.32 Å². The Morgan fingerprint density at radius 3 is 2.75 bits per heavy atom. The third-order valence-electron chi connectivity index (χ3n) is 5.29. The van der Waals surface area contributed by atoms with E-state index in [9.17, 15) is 9.59 Å². The third-order valence-corrected chi connectivity index (χ3v) is 5.54. The molecule has 2 heterocycles. The number of aromatic nitrogens is 2. The highest BCUT2D eigenvalue weighted by molar-refractivity contribution is 6.30. The molecule has 5 rings (SSSR count). The minimum absolute atomic E-state index is 0.0742. The number of hydrogen-bond donors (Lipinski definition) is 1. The maximum atomic E-state index is 13.2. The molecule has 1 fully saturated rings. The molecule has 8 heteroatoms. The van der Waals surface area contributed by atoms with Crippen molar-refractivity contribution in [2.24, 2.45) is 0 Å². The first-order chi connectivity index (χ1) is 13.6. The van der Waals surface area contributed by atoms with Crippen LogP contribution in [0.5, 0.6) is 0 Å². The Balaban J connectivity index is 1.40. The normalized spacial score (nSPS) is 20.7. The highest BCUT2D eigenvalue weighted by atomic mass is 35.5. The molecule has 0 unspecified atom stereocenters. The second-order valence-electron chi connectivity index (χ2n) is 6.90. The quantitative estimate of drug-likeness (QED) is 0.688. The van der Waals surface area contributed by atoms with E-state index in [-0.39, 0.29) is 18.3 Å². The SMILES string of the molecule is O=C1N[C@@]2(CCc3ccccc32)C(=O)N1Cc1nc(-c2ccc(Cl)cc2)no1. The van der Waals surface area contributed by atoms with Gasteiger partial charge in [0.2, 0.25) is 11.7 Å². The molecule has 0 radical (unpaired) electrons. The summed E-state index contributed by atoms with van der Waals surface area (Å²) in [6, 6.07) is 14.3. The number of carbonyl (C=O) groups excluding carboxylic acids is 2. The lowest BCUT2D eigenvalue weighted by atomic mass is 9.92. The van der Waals surface area contributed by atoms with Crippen LogP contribution >= 0.6 is 11.6 Å². The van der Waals surface area contributed by atoms with E-state index in [2.05, 4.69) is 15.5 Å². The van der Waals surface area contributed by atoms with Crippen LogP contribution in [-0.4, -0.2) is 27.0 Å². The second-order valence-corrected chi connectivity index (χ2v) is 7.34. The number of urea groups is 1. The number of benzene rings is 2. The molecule has 1 saturated heterocycles. The van der Waals surface area contributed by atoms with Gasteiger partial charge < -0.3 is 9.84 Å². The zero-order chi connectivity index (χ0) is 19.3. The molecule has 1 aliphatic heterocycles. The minimum atomic E-state index is -0.993. The van der Waals surface area contributed by atoms with Crippen molar-refractivity contribution in [2.75, 3.05) is 0 Å². The summed E-state index contributed by atoms with van der Waals surface area (Å²) in [6.07, 6.45) is 1.30. The molecule has 3 amide bonds. The summed E-state index contributed by atoms with van der Waals surface area (Å²) in [5, 5.41) is 7.42. The number of aryl methyl sites for hydroxylation is 1. The average molecular weight is 395 g/mol. The van der Waals surface area contributed by atoms with Gasteiger partial charge in [-0.1, -0.05) is 41.0 Å². The molecule has 2 aliphatic rings. The topological polar surface area (TPSA) is 88.3 Å². The van der Waals surface area contributed by atoms with Crippen LogP contribution in [0.4, 0.5) is 4.79 Å². The van der Waals surface area contributed by atoms with Gasteiger partial charge in [-0.25, -0.2) is 4.79 Å². The van der Waals surface area contributed by atoms with Crippen molar-refractivity contribution in [3.63, 3.8) is 0 Å². The van der Waals surface area contributed by atoms with Gasteiger partial charge >= 0.3 is 6.03 Å². The van der Waals surface area contributed by atoms with Gasteiger partial charge in [0.15, 0.2) is 0 Å². The van der Waals surface area contributed by atoms with E-state index in [0.29, 0.717) is 17.3 Å². The molecule has 0 bridgehead atoms. The number of carbonyl (C=O) groups is 2. The van der Waals surface area contributed by atoms with E-state index < -0.39 is 11.6 Å². The fourth-order valence-electron chi connectivity index (χ4n) is 3.90. The lowest BCUT2D eigenvalue weighted by Crippen LogP contribution is -2.41. The van der Waals surface area contributed by atoms with Crippen LogP contribution in [0.1, 0.15) is 23.4 Å². The standard InChI is InChI=1S/C20H15ClN4O3/c21-14-7-5-13(6-8-14)17-22-16(28-24-17)11-25-18(26)20(23-19(25)27)10-9-12-3-1-2-4-15(12)20/h1-8H,9-11H2,(H,23,27)/t20-/m1/s1. The molecule has 7 nitrogen and oxygen atoms in total. The first-order valence-corrected chi connectivity index (χ1v) is 9.26. The minimum Gasteiger partial charge on any atom is -0.337 e. The Morgan fingerprint density at radius 2 is 1.93 bits per heavy atom.